The molecule has 26 heavy (non-hydrogen) atoms. The van der Waals surface area contributed by atoms with Crippen LogP contribution < -0.4 is 0 Å². The van der Waals surface area contributed by atoms with Gasteiger partial charge in [0, 0.05) is 32.1 Å². The van der Waals surface area contributed by atoms with Gasteiger partial charge in [0.2, 0.25) is 11.8 Å². The van der Waals surface area contributed by atoms with Gasteiger partial charge in [0.05, 0.1) is 25.7 Å². The summed E-state index contributed by atoms with van der Waals surface area (Å²) in [6.45, 7) is 4.82. The summed E-state index contributed by atoms with van der Waals surface area (Å²) < 4.78 is 11.0. The first-order chi connectivity index (χ1) is 12.8. The van der Waals surface area contributed by atoms with Crippen LogP contribution in [0.1, 0.15) is 69.0 Å². The van der Waals surface area contributed by atoms with Gasteiger partial charge in [-0.25, -0.2) is 0 Å². The molecule has 1 aliphatic carbocycles. The molecule has 1 aromatic rings. The zero-order chi connectivity index (χ0) is 17.8. The minimum absolute atomic E-state index is 0.182. The number of rotatable bonds is 4. The van der Waals surface area contributed by atoms with Gasteiger partial charge in [0.15, 0.2) is 5.82 Å². The Hall–Kier alpha value is -1.47. The summed E-state index contributed by atoms with van der Waals surface area (Å²) in [5.74, 6) is 1.95. The molecule has 1 saturated carbocycles. The Kier molecular flexibility index (Phi) is 5.84. The van der Waals surface area contributed by atoms with Crippen LogP contribution in [0.4, 0.5) is 0 Å². The molecule has 3 heterocycles. The van der Waals surface area contributed by atoms with Crippen molar-refractivity contribution in [1.82, 2.24) is 19.9 Å². The SMILES string of the molecule is O=C1CCC(c2nc(CN3CCOCC3)no2)CN1C1CCCCCC1. The molecular weight excluding hydrogens is 332 g/mol. The van der Waals surface area contributed by atoms with Crippen molar-refractivity contribution in [2.75, 3.05) is 32.8 Å². The lowest BCUT2D eigenvalue weighted by atomic mass is 9.94. The van der Waals surface area contributed by atoms with Gasteiger partial charge in [0.1, 0.15) is 0 Å². The highest BCUT2D eigenvalue weighted by Crippen LogP contribution is 2.31. The molecule has 0 radical (unpaired) electrons. The number of likely N-dealkylation sites (tertiary alicyclic amines) is 1. The van der Waals surface area contributed by atoms with Gasteiger partial charge in [0.25, 0.3) is 0 Å². The standard InChI is InChI=1S/C19H30N4O3/c24-18-8-7-15(13-23(18)16-5-3-1-2-4-6-16)19-20-17(21-26-19)14-22-9-11-25-12-10-22/h15-16H,1-14H2. The summed E-state index contributed by atoms with van der Waals surface area (Å²) in [5, 5.41) is 4.19. The number of piperidine rings is 1. The summed E-state index contributed by atoms with van der Waals surface area (Å²) in [4.78, 5) is 21.6. The van der Waals surface area contributed by atoms with Crippen molar-refractivity contribution in [3.63, 3.8) is 0 Å². The third-order valence-electron chi connectivity index (χ3n) is 6.01. The number of amides is 1. The molecule has 144 valence electrons. The first-order valence-corrected chi connectivity index (χ1v) is 10.2. The number of carbonyl (C=O) groups excluding carboxylic acids is 1. The molecule has 1 unspecified atom stereocenters. The molecule has 1 amide bonds. The topological polar surface area (TPSA) is 71.7 Å². The molecule has 3 aliphatic rings. The molecule has 1 aromatic heterocycles. The molecule has 7 nitrogen and oxygen atoms in total. The minimum Gasteiger partial charge on any atom is -0.379 e. The van der Waals surface area contributed by atoms with Crippen molar-refractivity contribution in [3.05, 3.63) is 11.7 Å². The molecule has 2 aliphatic heterocycles. The summed E-state index contributed by atoms with van der Waals surface area (Å²) in [6, 6.07) is 0.406. The molecule has 7 heteroatoms. The van der Waals surface area contributed by atoms with Crippen LogP contribution in [-0.2, 0) is 16.1 Å². The maximum Gasteiger partial charge on any atom is 0.231 e. The van der Waals surface area contributed by atoms with Gasteiger partial charge in [-0.1, -0.05) is 30.8 Å². The van der Waals surface area contributed by atoms with Gasteiger partial charge < -0.3 is 14.2 Å². The van der Waals surface area contributed by atoms with E-state index < -0.39 is 0 Å². The predicted molar refractivity (Wildman–Crippen MR) is 95.6 cm³/mol. The van der Waals surface area contributed by atoms with Crippen LogP contribution in [0.5, 0.6) is 0 Å². The fourth-order valence-corrected chi connectivity index (χ4v) is 4.45. The number of hydrogen-bond donors (Lipinski definition) is 0. The van der Waals surface area contributed by atoms with Crippen molar-refractivity contribution in [3.8, 4) is 0 Å². The van der Waals surface area contributed by atoms with Gasteiger partial charge in [-0.15, -0.1) is 0 Å². The Bertz CT molecular complexity index is 591. The number of nitrogens with zero attached hydrogens (tertiary/aromatic N) is 4. The second kappa shape index (κ2) is 8.48. The molecular formula is C19H30N4O3. The van der Waals surface area contributed by atoms with Gasteiger partial charge in [-0.2, -0.15) is 4.98 Å². The lowest BCUT2D eigenvalue weighted by Crippen LogP contribution is -2.45. The van der Waals surface area contributed by atoms with E-state index in [2.05, 4.69) is 19.9 Å². The van der Waals surface area contributed by atoms with Crippen LogP contribution in [0.2, 0.25) is 0 Å². The number of carbonyl (C=O) groups is 1. The van der Waals surface area contributed by atoms with Crippen molar-refractivity contribution < 1.29 is 14.1 Å². The van der Waals surface area contributed by atoms with Gasteiger partial charge in [-0.3, -0.25) is 9.69 Å². The maximum absolute atomic E-state index is 12.5. The highest BCUT2D eigenvalue weighted by molar-refractivity contribution is 5.77. The van der Waals surface area contributed by atoms with E-state index in [1.54, 1.807) is 0 Å². The van der Waals surface area contributed by atoms with Crippen molar-refractivity contribution in [1.29, 1.82) is 0 Å². The number of aromatic nitrogens is 2. The summed E-state index contributed by atoms with van der Waals surface area (Å²) in [5.41, 5.74) is 0. The van der Waals surface area contributed by atoms with Crippen LogP contribution >= 0.6 is 0 Å². The van der Waals surface area contributed by atoms with Crippen LogP contribution in [-0.4, -0.2) is 64.7 Å². The Morgan fingerprint density at radius 1 is 1.04 bits per heavy atom. The number of ether oxygens (including phenoxy) is 1. The third kappa shape index (κ3) is 4.26. The monoisotopic (exact) mass is 362 g/mol. The lowest BCUT2D eigenvalue weighted by Gasteiger charge is -2.37. The quantitative estimate of drug-likeness (QED) is 0.766. The van der Waals surface area contributed by atoms with Gasteiger partial charge in [-0.05, 0) is 19.3 Å². The fraction of sp³-hybridized carbons (Fsp3) is 0.842. The van der Waals surface area contributed by atoms with E-state index in [0.717, 1.165) is 57.9 Å². The molecule has 3 fully saturated rings. The maximum atomic E-state index is 12.5. The van der Waals surface area contributed by atoms with E-state index in [1.165, 1.54) is 25.7 Å². The highest BCUT2D eigenvalue weighted by atomic mass is 16.5. The first kappa shape index (κ1) is 17.9. The molecule has 1 atom stereocenters. The number of hydrogen-bond acceptors (Lipinski definition) is 6. The average molecular weight is 362 g/mol. The molecule has 0 bridgehead atoms. The Morgan fingerprint density at radius 2 is 1.81 bits per heavy atom. The zero-order valence-corrected chi connectivity index (χ0v) is 15.6. The van der Waals surface area contributed by atoms with Crippen molar-refractivity contribution in [2.24, 2.45) is 0 Å². The average Bonchev–Trinajstić information content (AvgIpc) is 2.96. The Balaban J connectivity index is 1.38. The van der Waals surface area contributed by atoms with Crippen LogP contribution in [0, 0.1) is 0 Å². The lowest BCUT2D eigenvalue weighted by molar-refractivity contribution is -0.136. The smallest absolute Gasteiger partial charge is 0.231 e. The molecule has 0 spiro atoms. The largest absolute Gasteiger partial charge is 0.379 e. The fourth-order valence-electron chi connectivity index (χ4n) is 4.45. The normalized spacial score (nSPS) is 26.8. The summed E-state index contributed by atoms with van der Waals surface area (Å²) >= 11 is 0. The molecule has 2 saturated heterocycles. The Labute approximate surface area is 155 Å². The third-order valence-corrected chi connectivity index (χ3v) is 6.01. The van der Waals surface area contributed by atoms with E-state index in [-0.39, 0.29) is 5.92 Å². The van der Waals surface area contributed by atoms with E-state index >= 15 is 0 Å². The predicted octanol–water partition coefficient (Wildman–Crippen LogP) is 2.33. The van der Waals surface area contributed by atoms with Crippen LogP contribution in [0.3, 0.4) is 0 Å². The van der Waals surface area contributed by atoms with E-state index in [0.29, 0.717) is 30.8 Å². The second-order valence-electron chi connectivity index (χ2n) is 7.86. The van der Waals surface area contributed by atoms with E-state index in [1.807, 2.05) is 0 Å². The first-order valence-electron chi connectivity index (χ1n) is 10.2. The van der Waals surface area contributed by atoms with Crippen LogP contribution in [0.15, 0.2) is 4.52 Å². The molecule has 0 N–H and O–H groups in total. The van der Waals surface area contributed by atoms with Crippen molar-refractivity contribution in [2.45, 2.75) is 69.9 Å². The summed E-state index contributed by atoms with van der Waals surface area (Å²) in [6.07, 6.45) is 8.79. The Morgan fingerprint density at radius 3 is 2.58 bits per heavy atom. The molecule has 0 aromatic carbocycles. The highest BCUT2D eigenvalue weighted by Gasteiger charge is 2.34. The minimum atomic E-state index is 0.182. The van der Waals surface area contributed by atoms with Crippen molar-refractivity contribution >= 4 is 5.91 Å². The van der Waals surface area contributed by atoms with Gasteiger partial charge >= 0.3 is 0 Å². The zero-order valence-electron chi connectivity index (χ0n) is 15.6. The van der Waals surface area contributed by atoms with E-state index in [9.17, 15) is 4.79 Å². The van der Waals surface area contributed by atoms with Crippen LogP contribution in [0.25, 0.3) is 0 Å². The van der Waals surface area contributed by atoms with E-state index in [4.69, 9.17) is 9.26 Å². The second-order valence-corrected chi connectivity index (χ2v) is 7.86. The number of morpholine rings is 1. The molecule has 4 rings (SSSR count). The summed E-state index contributed by atoms with van der Waals surface area (Å²) in [7, 11) is 0.